The first kappa shape index (κ1) is 31.4. The molecule has 0 bridgehead atoms. The van der Waals surface area contributed by atoms with E-state index in [9.17, 15) is 31.4 Å². The van der Waals surface area contributed by atoms with E-state index in [0.29, 0.717) is 0 Å². The minimum atomic E-state index is -3.25. The fourth-order valence-electron chi connectivity index (χ4n) is 4.59. The molecule has 1 atom stereocenters. The number of carbonyl (C=O) groups is 2. The Balaban J connectivity index is 1.66. The van der Waals surface area contributed by atoms with Crippen molar-refractivity contribution in [2.24, 2.45) is 4.36 Å². The Labute approximate surface area is 242 Å². The summed E-state index contributed by atoms with van der Waals surface area (Å²) in [7, 11) is -3.25. The molecule has 2 aromatic rings. The maximum atomic E-state index is 14.1. The van der Waals surface area contributed by atoms with Gasteiger partial charge in [-0.3, -0.25) is 4.79 Å². The first-order chi connectivity index (χ1) is 19.3. The van der Waals surface area contributed by atoms with Crippen molar-refractivity contribution in [1.29, 1.82) is 0 Å². The van der Waals surface area contributed by atoms with Gasteiger partial charge < -0.3 is 19.9 Å². The van der Waals surface area contributed by atoms with Crippen LogP contribution in [0.25, 0.3) is 0 Å². The van der Waals surface area contributed by atoms with Gasteiger partial charge in [-0.25, -0.2) is 31.5 Å². The summed E-state index contributed by atoms with van der Waals surface area (Å²) >= 11 is 0. The Kier molecular flexibility index (Phi) is 8.46. The lowest BCUT2D eigenvalue weighted by Crippen LogP contribution is -2.57. The van der Waals surface area contributed by atoms with E-state index in [-0.39, 0.29) is 59.5 Å². The molecule has 1 N–H and O–H groups in total. The third-order valence-electron chi connectivity index (χ3n) is 6.60. The normalized spacial score (nSPS) is 19.6. The molecule has 2 aliphatic heterocycles. The number of anilines is 3. The van der Waals surface area contributed by atoms with E-state index in [4.69, 9.17) is 4.74 Å². The predicted molar refractivity (Wildman–Crippen MR) is 150 cm³/mol. The highest BCUT2D eigenvalue weighted by Gasteiger charge is 2.45. The summed E-state index contributed by atoms with van der Waals surface area (Å²) in [4.78, 5) is 37.4. The molecule has 3 heterocycles. The summed E-state index contributed by atoms with van der Waals surface area (Å²) in [6, 6.07) is 5.93. The third kappa shape index (κ3) is 7.66. The molecule has 42 heavy (non-hydrogen) atoms. The molecule has 230 valence electrons. The van der Waals surface area contributed by atoms with Crippen LogP contribution >= 0.6 is 0 Å². The standard InChI is InChI=1S/C27H34F4N6O4S/c1-17-20(22(38)33-18-8-6-9-19(14-18)42(5,40)35-24(39)41-25(2,3)4)21(36-12-7-10-26(28,29)11-13-36)34-23(32-17)37-15-27(30,31)16-37/h6,8-9,14H,7,10-13,15-16H2,1-5H3,(H,33,38)/t42-/m1/s1. The van der Waals surface area contributed by atoms with Gasteiger partial charge in [0.05, 0.1) is 28.5 Å². The molecule has 2 saturated heterocycles. The Morgan fingerprint density at radius 1 is 1.05 bits per heavy atom. The molecule has 2 fully saturated rings. The minimum absolute atomic E-state index is 0.00247. The molecule has 1 aromatic heterocycles. The van der Waals surface area contributed by atoms with E-state index in [2.05, 4.69) is 19.6 Å². The molecule has 0 aliphatic carbocycles. The fraction of sp³-hybridized carbons (Fsp3) is 0.556. The highest BCUT2D eigenvalue weighted by Crippen LogP contribution is 2.35. The molecule has 2 amide bonds. The van der Waals surface area contributed by atoms with E-state index < -0.39 is 58.7 Å². The molecule has 0 unspecified atom stereocenters. The lowest BCUT2D eigenvalue weighted by atomic mass is 10.1. The van der Waals surface area contributed by atoms with Crippen LogP contribution < -0.4 is 15.1 Å². The summed E-state index contributed by atoms with van der Waals surface area (Å²) < 4.78 is 77.5. The van der Waals surface area contributed by atoms with E-state index in [1.54, 1.807) is 25.7 Å². The van der Waals surface area contributed by atoms with Crippen molar-refractivity contribution in [3.8, 4) is 0 Å². The summed E-state index contributed by atoms with van der Waals surface area (Å²) in [5.41, 5.74) is -0.448. The van der Waals surface area contributed by atoms with Crippen LogP contribution in [-0.4, -0.2) is 76.1 Å². The van der Waals surface area contributed by atoms with Crippen LogP contribution in [0.15, 0.2) is 33.5 Å². The van der Waals surface area contributed by atoms with Gasteiger partial charge in [-0.2, -0.15) is 4.98 Å². The zero-order chi connectivity index (χ0) is 31.1. The van der Waals surface area contributed by atoms with Gasteiger partial charge in [-0.1, -0.05) is 6.07 Å². The number of halogens is 4. The van der Waals surface area contributed by atoms with E-state index in [1.807, 2.05) is 0 Å². The van der Waals surface area contributed by atoms with Gasteiger partial charge in [0.2, 0.25) is 11.9 Å². The van der Waals surface area contributed by atoms with Gasteiger partial charge in [0, 0.05) is 42.8 Å². The second-order valence-electron chi connectivity index (χ2n) is 11.6. The number of hydrogen-bond acceptors (Lipinski definition) is 8. The van der Waals surface area contributed by atoms with Crippen molar-refractivity contribution >= 4 is 39.2 Å². The van der Waals surface area contributed by atoms with Crippen LogP contribution in [-0.2, 0) is 14.5 Å². The largest absolute Gasteiger partial charge is 0.442 e. The molecule has 0 radical (unpaired) electrons. The first-order valence-corrected chi connectivity index (χ1v) is 15.3. The number of benzene rings is 1. The molecular weight excluding hydrogens is 580 g/mol. The molecule has 15 heteroatoms. The average molecular weight is 615 g/mol. The quantitative estimate of drug-likeness (QED) is 0.439. The van der Waals surface area contributed by atoms with Crippen LogP contribution in [0, 0.1) is 6.92 Å². The van der Waals surface area contributed by atoms with Crippen LogP contribution in [0.1, 0.15) is 56.1 Å². The van der Waals surface area contributed by atoms with E-state index in [0.717, 1.165) is 0 Å². The number of ether oxygens (including phenoxy) is 1. The van der Waals surface area contributed by atoms with Crippen molar-refractivity contribution < 1.29 is 36.1 Å². The molecule has 0 saturated carbocycles. The minimum Gasteiger partial charge on any atom is -0.442 e. The monoisotopic (exact) mass is 614 g/mol. The van der Waals surface area contributed by atoms with Crippen molar-refractivity contribution in [2.75, 3.05) is 47.6 Å². The van der Waals surface area contributed by atoms with Crippen molar-refractivity contribution in [2.45, 2.75) is 69.3 Å². The van der Waals surface area contributed by atoms with Crippen LogP contribution in [0.3, 0.4) is 0 Å². The number of alkyl halides is 4. The summed E-state index contributed by atoms with van der Waals surface area (Å²) in [6.45, 7) is 5.37. The van der Waals surface area contributed by atoms with Gasteiger partial charge in [-0.15, -0.1) is 4.36 Å². The van der Waals surface area contributed by atoms with Crippen LogP contribution in [0.2, 0.25) is 0 Å². The topological polar surface area (TPSA) is 117 Å². The van der Waals surface area contributed by atoms with Gasteiger partial charge in [-0.05, 0) is 52.3 Å². The van der Waals surface area contributed by atoms with Crippen molar-refractivity contribution in [3.05, 3.63) is 35.5 Å². The smallest absolute Gasteiger partial charge is 0.442 e. The Morgan fingerprint density at radius 2 is 1.74 bits per heavy atom. The maximum absolute atomic E-state index is 14.1. The average Bonchev–Trinajstić information content (AvgIpc) is 3.00. The Hall–Kier alpha value is -3.49. The predicted octanol–water partition coefficient (Wildman–Crippen LogP) is 5.51. The van der Waals surface area contributed by atoms with Crippen molar-refractivity contribution in [3.63, 3.8) is 0 Å². The van der Waals surface area contributed by atoms with Crippen molar-refractivity contribution in [1.82, 2.24) is 9.97 Å². The van der Waals surface area contributed by atoms with Crippen LogP contribution in [0.5, 0.6) is 0 Å². The number of carbonyl (C=O) groups excluding carboxylic acids is 2. The number of hydrogen-bond donors (Lipinski definition) is 1. The van der Waals surface area contributed by atoms with Gasteiger partial charge in [0.15, 0.2) is 0 Å². The zero-order valence-electron chi connectivity index (χ0n) is 24.0. The van der Waals surface area contributed by atoms with Gasteiger partial charge >= 0.3 is 6.09 Å². The van der Waals surface area contributed by atoms with Gasteiger partial charge in [0.1, 0.15) is 17.0 Å². The SMILES string of the molecule is Cc1nc(N2CC(F)(F)C2)nc(N2CCCC(F)(F)CC2)c1C(=O)Nc1cccc([S@@](C)(=O)=NC(=O)OC(C)(C)C)c1. The number of rotatable bonds is 5. The maximum Gasteiger partial charge on any atom is 0.442 e. The molecule has 1 aromatic carbocycles. The number of nitrogens with one attached hydrogen (secondary N) is 1. The number of amides is 2. The molecule has 2 aliphatic rings. The summed E-state index contributed by atoms with van der Waals surface area (Å²) in [5, 5.41) is 2.69. The van der Waals surface area contributed by atoms with E-state index >= 15 is 0 Å². The number of nitrogens with zero attached hydrogens (tertiary/aromatic N) is 5. The molecular formula is C27H34F4N6O4S. The second kappa shape index (κ2) is 11.3. The number of aryl methyl sites for hydroxylation is 1. The zero-order valence-corrected chi connectivity index (χ0v) is 24.9. The Bertz CT molecular complexity index is 1500. The third-order valence-corrected chi connectivity index (χ3v) is 8.23. The summed E-state index contributed by atoms with van der Waals surface area (Å²) in [5.74, 6) is -6.39. The molecule has 10 nitrogen and oxygen atoms in total. The lowest BCUT2D eigenvalue weighted by molar-refractivity contribution is -0.0272. The fourth-order valence-corrected chi connectivity index (χ4v) is 5.69. The second-order valence-corrected chi connectivity index (χ2v) is 13.8. The molecule has 4 rings (SSSR count). The van der Waals surface area contributed by atoms with Crippen LogP contribution in [0.4, 0.5) is 39.8 Å². The lowest BCUT2D eigenvalue weighted by Gasteiger charge is -2.39. The highest BCUT2D eigenvalue weighted by molar-refractivity contribution is 7.93. The Morgan fingerprint density at radius 3 is 2.38 bits per heavy atom. The highest BCUT2D eigenvalue weighted by atomic mass is 32.2. The number of aromatic nitrogens is 2. The summed E-state index contributed by atoms with van der Waals surface area (Å²) in [6.07, 6.45) is -0.367. The van der Waals surface area contributed by atoms with Gasteiger partial charge in [0.25, 0.3) is 11.8 Å². The first-order valence-electron chi connectivity index (χ1n) is 13.3. The molecule has 0 spiro atoms. The van der Waals surface area contributed by atoms with E-state index in [1.165, 1.54) is 42.3 Å².